The molecule has 0 rings (SSSR count). The number of hydrogen-bond donors (Lipinski definition) is 2. The Hall–Kier alpha value is -0.0800. The van der Waals surface area contributed by atoms with E-state index in [4.69, 9.17) is 5.11 Å². The van der Waals surface area contributed by atoms with Crippen LogP contribution in [0.2, 0.25) is 0 Å². The lowest BCUT2D eigenvalue weighted by Gasteiger charge is -2.11. The minimum absolute atomic E-state index is 0.299. The molecule has 0 aliphatic rings. The molecular formula is C9H21NO. The SMILES string of the molecule is CCCCC(C)NCCCO. The number of nitrogens with one attached hydrogen (secondary N) is 1. The third-order valence-electron chi connectivity index (χ3n) is 1.82. The monoisotopic (exact) mass is 159 g/mol. The second kappa shape index (κ2) is 8.02. The van der Waals surface area contributed by atoms with Crippen molar-refractivity contribution in [2.45, 2.75) is 45.6 Å². The van der Waals surface area contributed by atoms with Gasteiger partial charge in [0.15, 0.2) is 0 Å². The molecule has 0 radical (unpaired) electrons. The summed E-state index contributed by atoms with van der Waals surface area (Å²) >= 11 is 0. The predicted molar refractivity (Wildman–Crippen MR) is 48.7 cm³/mol. The molecule has 0 heterocycles. The van der Waals surface area contributed by atoms with Crippen LogP contribution in [-0.4, -0.2) is 24.3 Å². The third-order valence-corrected chi connectivity index (χ3v) is 1.82. The topological polar surface area (TPSA) is 32.3 Å². The van der Waals surface area contributed by atoms with Gasteiger partial charge in [-0.05, 0) is 26.3 Å². The fraction of sp³-hybridized carbons (Fsp3) is 1.00. The zero-order valence-corrected chi connectivity index (χ0v) is 7.77. The lowest BCUT2D eigenvalue weighted by atomic mass is 10.1. The van der Waals surface area contributed by atoms with Crippen LogP contribution in [0, 0.1) is 0 Å². The average molecular weight is 159 g/mol. The smallest absolute Gasteiger partial charge is 0.0443 e. The van der Waals surface area contributed by atoms with Gasteiger partial charge in [0.1, 0.15) is 0 Å². The van der Waals surface area contributed by atoms with Gasteiger partial charge >= 0.3 is 0 Å². The van der Waals surface area contributed by atoms with Crippen molar-refractivity contribution in [3.63, 3.8) is 0 Å². The predicted octanol–water partition coefficient (Wildman–Crippen LogP) is 1.54. The standard InChI is InChI=1S/C9H21NO/c1-3-4-6-9(2)10-7-5-8-11/h9-11H,3-8H2,1-2H3. The van der Waals surface area contributed by atoms with Gasteiger partial charge in [0.05, 0.1) is 0 Å². The first-order chi connectivity index (χ1) is 5.31. The molecule has 0 saturated carbocycles. The number of aliphatic hydroxyl groups is 1. The first-order valence-electron chi connectivity index (χ1n) is 4.65. The maximum absolute atomic E-state index is 8.52. The molecule has 2 nitrogen and oxygen atoms in total. The zero-order chi connectivity index (χ0) is 8.53. The first kappa shape index (κ1) is 10.9. The van der Waals surface area contributed by atoms with E-state index in [1.54, 1.807) is 0 Å². The summed E-state index contributed by atoms with van der Waals surface area (Å²) in [7, 11) is 0. The molecular weight excluding hydrogens is 138 g/mol. The number of unbranched alkanes of at least 4 members (excludes halogenated alkanes) is 1. The van der Waals surface area contributed by atoms with Gasteiger partial charge in [0.25, 0.3) is 0 Å². The van der Waals surface area contributed by atoms with Crippen molar-refractivity contribution in [3.05, 3.63) is 0 Å². The maximum Gasteiger partial charge on any atom is 0.0443 e. The van der Waals surface area contributed by atoms with Gasteiger partial charge in [-0.3, -0.25) is 0 Å². The molecule has 11 heavy (non-hydrogen) atoms. The van der Waals surface area contributed by atoms with Crippen molar-refractivity contribution in [3.8, 4) is 0 Å². The summed E-state index contributed by atoms with van der Waals surface area (Å²) in [6.45, 7) is 5.66. The van der Waals surface area contributed by atoms with Gasteiger partial charge in [0, 0.05) is 12.6 Å². The zero-order valence-electron chi connectivity index (χ0n) is 7.77. The second-order valence-corrected chi connectivity index (χ2v) is 3.07. The third kappa shape index (κ3) is 7.82. The molecule has 0 spiro atoms. The number of rotatable bonds is 7. The Balaban J connectivity index is 3.02. The minimum Gasteiger partial charge on any atom is -0.396 e. The molecule has 2 N–H and O–H groups in total. The highest BCUT2D eigenvalue weighted by Crippen LogP contribution is 1.98. The van der Waals surface area contributed by atoms with E-state index in [9.17, 15) is 0 Å². The Morgan fingerprint density at radius 2 is 2.09 bits per heavy atom. The van der Waals surface area contributed by atoms with E-state index in [0.717, 1.165) is 13.0 Å². The molecule has 2 heteroatoms. The summed E-state index contributed by atoms with van der Waals surface area (Å²) in [5.74, 6) is 0. The van der Waals surface area contributed by atoms with Crippen LogP contribution < -0.4 is 5.32 Å². The molecule has 1 unspecified atom stereocenters. The van der Waals surface area contributed by atoms with Gasteiger partial charge in [-0.2, -0.15) is 0 Å². The van der Waals surface area contributed by atoms with E-state index in [0.29, 0.717) is 12.6 Å². The molecule has 0 aliphatic carbocycles. The van der Waals surface area contributed by atoms with Gasteiger partial charge < -0.3 is 10.4 Å². The summed E-state index contributed by atoms with van der Waals surface area (Å²) in [6.07, 6.45) is 4.69. The summed E-state index contributed by atoms with van der Waals surface area (Å²) in [6, 6.07) is 0.612. The van der Waals surface area contributed by atoms with E-state index >= 15 is 0 Å². The fourth-order valence-corrected chi connectivity index (χ4v) is 1.04. The van der Waals surface area contributed by atoms with E-state index in [1.807, 2.05) is 0 Å². The average Bonchev–Trinajstić information content (AvgIpc) is 2.01. The molecule has 1 atom stereocenters. The quantitative estimate of drug-likeness (QED) is 0.552. The molecule has 0 aromatic rings. The molecule has 0 fully saturated rings. The van der Waals surface area contributed by atoms with Crippen molar-refractivity contribution in [2.75, 3.05) is 13.2 Å². The lowest BCUT2D eigenvalue weighted by molar-refractivity contribution is 0.283. The van der Waals surface area contributed by atoms with Crippen LogP contribution in [-0.2, 0) is 0 Å². The molecule has 0 saturated heterocycles. The van der Waals surface area contributed by atoms with Crippen molar-refractivity contribution < 1.29 is 5.11 Å². The van der Waals surface area contributed by atoms with Crippen LogP contribution in [0.15, 0.2) is 0 Å². The second-order valence-electron chi connectivity index (χ2n) is 3.07. The highest BCUT2D eigenvalue weighted by Gasteiger charge is 1.97. The van der Waals surface area contributed by atoms with Crippen molar-refractivity contribution in [1.29, 1.82) is 0 Å². The molecule has 68 valence electrons. The Bertz CT molecular complexity index is 76.0. The molecule has 0 aliphatic heterocycles. The van der Waals surface area contributed by atoms with E-state index in [-0.39, 0.29) is 0 Å². The van der Waals surface area contributed by atoms with Crippen molar-refractivity contribution in [1.82, 2.24) is 5.32 Å². The molecule has 0 aromatic heterocycles. The Morgan fingerprint density at radius 3 is 2.64 bits per heavy atom. The van der Waals surface area contributed by atoms with Crippen LogP contribution >= 0.6 is 0 Å². The van der Waals surface area contributed by atoms with E-state index < -0.39 is 0 Å². The Kier molecular flexibility index (Phi) is 7.96. The normalized spacial score (nSPS) is 13.4. The fourth-order valence-electron chi connectivity index (χ4n) is 1.04. The van der Waals surface area contributed by atoms with Crippen LogP contribution in [0.1, 0.15) is 39.5 Å². The van der Waals surface area contributed by atoms with E-state index in [2.05, 4.69) is 19.2 Å². The summed E-state index contributed by atoms with van der Waals surface area (Å²) < 4.78 is 0. The van der Waals surface area contributed by atoms with Gasteiger partial charge in [-0.1, -0.05) is 19.8 Å². The summed E-state index contributed by atoms with van der Waals surface area (Å²) in [5, 5.41) is 11.9. The molecule has 0 aromatic carbocycles. The van der Waals surface area contributed by atoms with Crippen molar-refractivity contribution >= 4 is 0 Å². The first-order valence-corrected chi connectivity index (χ1v) is 4.65. The summed E-state index contributed by atoms with van der Waals surface area (Å²) in [5.41, 5.74) is 0. The minimum atomic E-state index is 0.299. The molecule has 0 bridgehead atoms. The number of aliphatic hydroxyl groups excluding tert-OH is 1. The van der Waals surface area contributed by atoms with Gasteiger partial charge in [0.2, 0.25) is 0 Å². The van der Waals surface area contributed by atoms with Gasteiger partial charge in [-0.25, -0.2) is 0 Å². The largest absolute Gasteiger partial charge is 0.396 e. The maximum atomic E-state index is 8.52. The highest BCUT2D eigenvalue weighted by molar-refractivity contribution is 4.59. The van der Waals surface area contributed by atoms with Crippen molar-refractivity contribution in [2.24, 2.45) is 0 Å². The number of hydrogen-bond acceptors (Lipinski definition) is 2. The lowest BCUT2D eigenvalue weighted by Crippen LogP contribution is -2.27. The Labute approximate surface area is 70.0 Å². The summed E-state index contributed by atoms with van der Waals surface area (Å²) in [4.78, 5) is 0. The molecule has 0 amide bonds. The van der Waals surface area contributed by atoms with Crippen LogP contribution in [0.3, 0.4) is 0 Å². The van der Waals surface area contributed by atoms with Gasteiger partial charge in [-0.15, -0.1) is 0 Å². The van der Waals surface area contributed by atoms with E-state index in [1.165, 1.54) is 19.3 Å². The Morgan fingerprint density at radius 1 is 1.36 bits per heavy atom. The van der Waals surface area contributed by atoms with Crippen LogP contribution in [0.25, 0.3) is 0 Å². The van der Waals surface area contributed by atoms with Crippen LogP contribution in [0.5, 0.6) is 0 Å². The highest BCUT2D eigenvalue weighted by atomic mass is 16.3. The van der Waals surface area contributed by atoms with Crippen LogP contribution in [0.4, 0.5) is 0 Å².